The monoisotopic (exact) mass is 431 g/mol. The van der Waals surface area contributed by atoms with Crippen molar-refractivity contribution in [3.05, 3.63) is 78.1 Å². The van der Waals surface area contributed by atoms with Crippen LogP contribution in [0.25, 0.3) is 5.69 Å². The Hall–Kier alpha value is -3.81. The van der Waals surface area contributed by atoms with E-state index in [1.807, 2.05) is 16.9 Å². The number of benzene rings is 2. The third kappa shape index (κ3) is 5.66. The Bertz CT molecular complexity index is 1030. The molecule has 8 heteroatoms. The summed E-state index contributed by atoms with van der Waals surface area (Å²) < 4.78 is 1.85. The van der Waals surface area contributed by atoms with Crippen molar-refractivity contribution in [1.82, 2.24) is 25.7 Å². The first-order valence-corrected chi connectivity index (χ1v) is 10.9. The summed E-state index contributed by atoms with van der Waals surface area (Å²) in [6.45, 7) is 3.42. The fourth-order valence-electron chi connectivity index (χ4n) is 3.65. The highest BCUT2D eigenvalue weighted by atomic mass is 16.2. The molecule has 0 unspecified atom stereocenters. The first kappa shape index (κ1) is 21.4. The normalized spacial score (nSPS) is 14.2. The molecule has 32 heavy (non-hydrogen) atoms. The predicted octanol–water partition coefficient (Wildman–Crippen LogP) is 1.72. The molecular formula is C24H29N7O. The maximum absolute atomic E-state index is 11.6. The van der Waals surface area contributed by atoms with Crippen molar-refractivity contribution in [2.75, 3.05) is 38.1 Å². The van der Waals surface area contributed by atoms with Crippen molar-refractivity contribution >= 4 is 17.6 Å². The second-order valence-electron chi connectivity index (χ2n) is 7.66. The summed E-state index contributed by atoms with van der Waals surface area (Å²) in [6.07, 6.45) is 4.61. The Balaban J connectivity index is 1.21. The van der Waals surface area contributed by atoms with Crippen molar-refractivity contribution in [2.45, 2.75) is 13.0 Å². The summed E-state index contributed by atoms with van der Waals surface area (Å²) in [4.78, 5) is 18.0. The van der Waals surface area contributed by atoms with Crippen LogP contribution < -0.4 is 20.9 Å². The second kappa shape index (κ2) is 10.5. The van der Waals surface area contributed by atoms with Crippen LogP contribution in [0.3, 0.4) is 0 Å². The Kier molecular flexibility index (Phi) is 7.01. The number of amides is 1. The lowest BCUT2D eigenvalue weighted by Gasteiger charge is -2.28. The van der Waals surface area contributed by atoms with E-state index in [2.05, 4.69) is 79.5 Å². The van der Waals surface area contributed by atoms with Crippen molar-refractivity contribution in [3.63, 3.8) is 0 Å². The zero-order valence-electron chi connectivity index (χ0n) is 18.3. The van der Waals surface area contributed by atoms with E-state index in [1.54, 1.807) is 13.2 Å². The van der Waals surface area contributed by atoms with Gasteiger partial charge in [0.25, 0.3) is 0 Å². The number of carbonyl (C=O) groups excluding carboxylic acids is 1. The highest BCUT2D eigenvalue weighted by Crippen LogP contribution is 2.16. The van der Waals surface area contributed by atoms with Gasteiger partial charge in [-0.25, -0.2) is 4.68 Å². The van der Waals surface area contributed by atoms with Crippen LogP contribution in [0.5, 0.6) is 0 Å². The van der Waals surface area contributed by atoms with E-state index in [-0.39, 0.29) is 5.91 Å². The van der Waals surface area contributed by atoms with Gasteiger partial charge in [-0.2, -0.15) is 5.10 Å². The minimum atomic E-state index is 0.0747. The summed E-state index contributed by atoms with van der Waals surface area (Å²) in [7, 11) is 1.78. The number of hydrogen-bond donors (Lipinski definition) is 3. The van der Waals surface area contributed by atoms with Crippen LogP contribution in [0.2, 0.25) is 0 Å². The van der Waals surface area contributed by atoms with Gasteiger partial charge in [-0.15, -0.1) is 0 Å². The van der Waals surface area contributed by atoms with Gasteiger partial charge in [0, 0.05) is 51.3 Å². The third-order valence-corrected chi connectivity index (χ3v) is 5.43. The zero-order valence-corrected chi connectivity index (χ0v) is 18.3. The van der Waals surface area contributed by atoms with E-state index in [9.17, 15) is 4.79 Å². The zero-order chi connectivity index (χ0) is 22.2. The van der Waals surface area contributed by atoms with Crippen LogP contribution in [0.15, 0.2) is 72.0 Å². The molecule has 0 aliphatic carbocycles. The number of anilines is 1. The average molecular weight is 432 g/mol. The topological polar surface area (TPSA) is 86.6 Å². The highest BCUT2D eigenvalue weighted by Gasteiger charge is 2.16. The fraction of sp³-hybridized carbons (Fsp3) is 0.292. The van der Waals surface area contributed by atoms with Gasteiger partial charge in [0.1, 0.15) is 0 Å². The average Bonchev–Trinajstić information content (AvgIpc) is 3.37. The summed E-state index contributed by atoms with van der Waals surface area (Å²) in [5.41, 5.74) is 4.54. The lowest BCUT2D eigenvalue weighted by atomic mass is 10.1. The molecule has 1 saturated heterocycles. The number of hydrogen-bond acceptors (Lipinski definition) is 4. The lowest BCUT2D eigenvalue weighted by molar-refractivity contribution is -0.120. The number of aliphatic imine (C=N–C) groups is 1. The minimum absolute atomic E-state index is 0.0747. The van der Waals surface area contributed by atoms with Gasteiger partial charge in [0.2, 0.25) is 5.91 Å². The largest absolute Gasteiger partial charge is 0.360 e. The summed E-state index contributed by atoms with van der Waals surface area (Å²) in [5.74, 6) is 0.848. The SMILES string of the molecule is CN=C(NCCc1ccc(-n2cccn2)cc1)NCc1ccc(N2CCNC(=O)C2)cc1. The molecule has 4 rings (SSSR count). The molecule has 0 saturated carbocycles. The van der Waals surface area contributed by atoms with Gasteiger partial charge < -0.3 is 20.9 Å². The van der Waals surface area contributed by atoms with Gasteiger partial charge in [0.15, 0.2) is 5.96 Å². The van der Waals surface area contributed by atoms with Crippen LogP contribution in [0, 0.1) is 0 Å². The molecule has 1 aliphatic rings. The van der Waals surface area contributed by atoms with Gasteiger partial charge in [-0.1, -0.05) is 24.3 Å². The Morgan fingerprint density at radius 2 is 1.81 bits per heavy atom. The Morgan fingerprint density at radius 3 is 2.50 bits per heavy atom. The number of nitrogens with one attached hydrogen (secondary N) is 3. The smallest absolute Gasteiger partial charge is 0.239 e. The molecule has 1 aromatic heterocycles. The summed E-state index contributed by atoms with van der Waals surface area (Å²) in [5, 5.41) is 13.8. The lowest BCUT2D eigenvalue weighted by Crippen LogP contribution is -2.47. The number of guanidine groups is 1. The third-order valence-electron chi connectivity index (χ3n) is 5.43. The standard InChI is InChI=1S/C24H29N7O/c1-25-24(27-13-11-19-3-9-22(10-4-19)31-15-2-12-29-31)28-17-20-5-7-21(8-6-20)30-16-14-26-23(32)18-30/h2-10,12,15H,11,13-14,16-18H2,1H3,(H,26,32)(H2,25,27,28). The van der Waals surface area contributed by atoms with Crippen LogP contribution in [-0.2, 0) is 17.8 Å². The maximum Gasteiger partial charge on any atom is 0.239 e. The first-order chi connectivity index (χ1) is 15.7. The molecule has 0 atom stereocenters. The van der Waals surface area contributed by atoms with Crippen molar-refractivity contribution < 1.29 is 4.79 Å². The number of nitrogens with zero attached hydrogens (tertiary/aromatic N) is 4. The summed E-state index contributed by atoms with van der Waals surface area (Å²) >= 11 is 0. The van der Waals surface area contributed by atoms with E-state index in [0.29, 0.717) is 19.6 Å². The second-order valence-corrected chi connectivity index (χ2v) is 7.66. The number of piperazine rings is 1. The molecular weight excluding hydrogens is 402 g/mol. The molecule has 1 aliphatic heterocycles. The van der Waals surface area contributed by atoms with E-state index in [1.165, 1.54) is 5.56 Å². The number of aromatic nitrogens is 2. The quantitative estimate of drug-likeness (QED) is 0.392. The van der Waals surface area contributed by atoms with Gasteiger partial charge in [-0.05, 0) is 47.9 Å². The molecule has 166 valence electrons. The van der Waals surface area contributed by atoms with Crippen LogP contribution >= 0.6 is 0 Å². The predicted molar refractivity (Wildman–Crippen MR) is 127 cm³/mol. The van der Waals surface area contributed by atoms with E-state index in [0.717, 1.165) is 42.4 Å². The molecule has 8 nitrogen and oxygen atoms in total. The Labute approximate surface area is 188 Å². The first-order valence-electron chi connectivity index (χ1n) is 10.9. The molecule has 0 spiro atoms. The van der Waals surface area contributed by atoms with Crippen molar-refractivity contribution in [1.29, 1.82) is 0 Å². The molecule has 3 aromatic rings. The van der Waals surface area contributed by atoms with Crippen molar-refractivity contribution in [2.24, 2.45) is 4.99 Å². The number of rotatable bonds is 7. The summed E-state index contributed by atoms with van der Waals surface area (Å²) in [6, 6.07) is 18.6. The van der Waals surface area contributed by atoms with Crippen LogP contribution in [0.1, 0.15) is 11.1 Å². The van der Waals surface area contributed by atoms with Crippen LogP contribution in [-0.4, -0.2) is 54.9 Å². The molecule has 0 bridgehead atoms. The van der Waals surface area contributed by atoms with E-state index >= 15 is 0 Å². The minimum Gasteiger partial charge on any atom is -0.360 e. The number of carbonyl (C=O) groups is 1. The van der Waals surface area contributed by atoms with Gasteiger partial charge in [-0.3, -0.25) is 9.79 Å². The molecule has 2 aromatic carbocycles. The molecule has 2 heterocycles. The van der Waals surface area contributed by atoms with E-state index < -0.39 is 0 Å². The van der Waals surface area contributed by atoms with Gasteiger partial charge in [0.05, 0.1) is 12.2 Å². The van der Waals surface area contributed by atoms with Crippen LogP contribution in [0.4, 0.5) is 5.69 Å². The van der Waals surface area contributed by atoms with Gasteiger partial charge >= 0.3 is 0 Å². The molecule has 1 amide bonds. The van der Waals surface area contributed by atoms with E-state index in [4.69, 9.17) is 0 Å². The molecule has 0 radical (unpaired) electrons. The fourth-order valence-corrected chi connectivity index (χ4v) is 3.65. The molecule has 1 fully saturated rings. The Morgan fingerprint density at radius 1 is 1.06 bits per heavy atom. The maximum atomic E-state index is 11.6. The molecule has 3 N–H and O–H groups in total. The highest BCUT2D eigenvalue weighted by molar-refractivity contribution is 5.82. The van der Waals surface area contributed by atoms with Crippen molar-refractivity contribution in [3.8, 4) is 5.69 Å².